The third-order valence-electron chi connectivity index (χ3n) is 8.17. The van der Waals surface area contributed by atoms with E-state index in [2.05, 4.69) is 40.3 Å². The van der Waals surface area contributed by atoms with E-state index in [0.29, 0.717) is 28.8 Å². The predicted molar refractivity (Wildman–Crippen MR) is 167 cm³/mol. The number of likely N-dealkylation sites (tertiary alicyclic amines) is 1. The minimum atomic E-state index is -1.20. The highest BCUT2D eigenvalue weighted by Gasteiger charge is 2.54. The molecule has 242 valence electrons. The van der Waals surface area contributed by atoms with Crippen molar-refractivity contribution in [2.24, 2.45) is 5.16 Å². The van der Waals surface area contributed by atoms with Crippen molar-refractivity contribution in [3.8, 4) is 0 Å². The number of nitrogens with two attached hydrogens (primary N) is 1. The molecule has 0 aromatic carbocycles. The van der Waals surface area contributed by atoms with Gasteiger partial charge in [-0.15, -0.1) is 16.9 Å². The number of carbonyl (C=O) groups is 3. The SMILES string of the molecule is Nc1nc(/C(=N\OC2CCCC2)C(=O)NC2C(=O)N3C(C(=O)O)=C(CSc4nnnn4CCCN4CCCCC4)CSC23)ns1. The van der Waals surface area contributed by atoms with E-state index in [1.807, 2.05) is 0 Å². The Bertz CT molecular complexity index is 1470. The summed E-state index contributed by atoms with van der Waals surface area (Å²) in [5.74, 6) is -1.75. The molecule has 0 bridgehead atoms. The number of amides is 2. The molecule has 2 amide bonds. The molecular weight excluding hydrogens is 643 g/mol. The average molecular weight is 678 g/mol. The molecule has 19 heteroatoms. The number of nitrogens with zero attached hydrogens (tertiary/aromatic N) is 9. The van der Waals surface area contributed by atoms with Crippen LogP contribution in [-0.4, -0.2) is 117 Å². The van der Waals surface area contributed by atoms with Gasteiger partial charge < -0.3 is 25.9 Å². The summed E-state index contributed by atoms with van der Waals surface area (Å²) in [7, 11) is 0. The number of rotatable bonds is 13. The van der Waals surface area contributed by atoms with Crippen molar-refractivity contribution in [3.05, 3.63) is 17.1 Å². The van der Waals surface area contributed by atoms with E-state index >= 15 is 0 Å². The van der Waals surface area contributed by atoms with Gasteiger partial charge in [0.1, 0.15) is 23.2 Å². The topological polar surface area (TPSA) is 207 Å². The Morgan fingerprint density at radius 1 is 1.16 bits per heavy atom. The van der Waals surface area contributed by atoms with Gasteiger partial charge in [-0.25, -0.2) is 9.48 Å². The van der Waals surface area contributed by atoms with Crippen molar-refractivity contribution in [2.75, 3.05) is 36.9 Å². The molecule has 2 aromatic rings. The van der Waals surface area contributed by atoms with Crippen LogP contribution in [0.2, 0.25) is 0 Å². The van der Waals surface area contributed by atoms with Crippen molar-refractivity contribution in [1.82, 2.24) is 44.7 Å². The monoisotopic (exact) mass is 677 g/mol. The van der Waals surface area contributed by atoms with Gasteiger partial charge in [0.25, 0.3) is 11.8 Å². The van der Waals surface area contributed by atoms with E-state index in [0.717, 1.165) is 63.3 Å². The number of aromatic nitrogens is 6. The van der Waals surface area contributed by atoms with E-state index in [9.17, 15) is 19.5 Å². The number of fused-ring (bicyclic) bond motifs is 1. The Kier molecular flexibility index (Phi) is 10.2. The molecule has 1 aliphatic carbocycles. The van der Waals surface area contributed by atoms with Crippen LogP contribution in [-0.2, 0) is 25.8 Å². The summed E-state index contributed by atoms with van der Waals surface area (Å²) in [5, 5.41) is 29.1. The van der Waals surface area contributed by atoms with Crippen LogP contribution >= 0.6 is 35.1 Å². The average Bonchev–Trinajstić information content (AvgIpc) is 3.82. The summed E-state index contributed by atoms with van der Waals surface area (Å²) in [6.45, 7) is 3.91. The molecule has 0 radical (unpaired) electrons. The lowest BCUT2D eigenvalue weighted by Gasteiger charge is -2.49. The molecule has 5 heterocycles. The van der Waals surface area contributed by atoms with Crippen LogP contribution in [0, 0.1) is 0 Å². The first-order valence-corrected chi connectivity index (χ1v) is 17.9. The fourth-order valence-corrected chi connectivity index (χ4v) is 8.68. The van der Waals surface area contributed by atoms with Gasteiger partial charge >= 0.3 is 5.97 Å². The number of tetrazole rings is 1. The molecule has 3 fully saturated rings. The zero-order chi connectivity index (χ0) is 31.3. The van der Waals surface area contributed by atoms with Crippen LogP contribution < -0.4 is 11.1 Å². The maximum Gasteiger partial charge on any atom is 0.352 e. The highest BCUT2D eigenvalue weighted by Crippen LogP contribution is 2.41. The Balaban J connectivity index is 1.08. The highest BCUT2D eigenvalue weighted by atomic mass is 32.2. The molecule has 16 nitrogen and oxygen atoms in total. The number of aliphatic carboxylic acids is 1. The lowest BCUT2D eigenvalue weighted by Crippen LogP contribution is -2.71. The first-order valence-electron chi connectivity index (χ1n) is 15.0. The summed E-state index contributed by atoms with van der Waals surface area (Å²) >= 11 is 3.64. The third kappa shape index (κ3) is 7.25. The highest BCUT2D eigenvalue weighted by molar-refractivity contribution is 8.01. The summed E-state index contributed by atoms with van der Waals surface area (Å²) in [6, 6.07) is -0.953. The van der Waals surface area contributed by atoms with Crippen molar-refractivity contribution in [2.45, 2.75) is 80.6 Å². The van der Waals surface area contributed by atoms with E-state index in [-0.39, 0.29) is 28.5 Å². The lowest BCUT2D eigenvalue weighted by atomic mass is 10.0. The number of aryl methyl sites for hydroxylation is 1. The molecule has 4 aliphatic rings. The number of nitrogen functional groups attached to an aromatic ring is 1. The van der Waals surface area contributed by atoms with Crippen molar-refractivity contribution < 1.29 is 24.3 Å². The van der Waals surface area contributed by atoms with E-state index in [1.165, 1.54) is 47.7 Å². The van der Waals surface area contributed by atoms with E-state index < -0.39 is 29.2 Å². The maximum absolute atomic E-state index is 13.3. The van der Waals surface area contributed by atoms with Crippen LogP contribution in [0.15, 0.2) is 21.6 Å². The minimum Gasteiger partial charge on any atom is -0.477 e. The zero-order valence-electron chi connectivity index (χ0n) is 24.5. The minimum absolute atomic E-state index is 0.00666. The first-order chi connectivity index (χ1) is 21.9. The summed E-state index contributed by atoms with van der Waals surface area (Å²) in [5.41, 5.74) is 6.07. The molecule has 2 aromatic heterocycles. The molecule has 2 atom stereocenters. The van der Waals surface area contributed by atoms with E-state index in [4.69, 9.17) is 10.6 Å². The number of carboxylic acids is 1. The molecule has 2 saturated heterocycles. The molecule has 0 spiro atoms. The van der Waals surface area contributed by atoms with Crippen LogP contribution in [0.5, 0.6) is 0 Å². The predicted octanol–water partition coefficient (Wildman–Crippen LogP) is 1.18. The Labute approximate surface area is 271 Å². The second-order valence-electron chi connectivity index (χ2n) is 11.3. The maximum atomic E-state index is 13.3. The number of carboxylic acid groups (broad SMARTS) is 1. The molecule has 1 saturated carbocycles. The molecule has 3 aliphatic heterocycles. The number of nitrogens with one attached hydrogen (secondary N) is 1. The van der Waals surface area contributed by atoms with Crippen molar-refractivity contribution in [3.63, 3.8) is 0 Å². The second-order valence-corrected chi connectivity index (χ2v) is 14.1. The molecular formula is C26H35N11O5S3. The number of thioether (sulfide) groups is 2. The summed E-state index contributed by atoms with van der Waals surface area (Å²) in [6.07, 6.45) is 8.28. The van der Waals surface area contributed by atoms with Crippen LogP contribution in [0.4, 0.5) is 5.13 Å². The van der Waals surface area contributed by atoms with E-state index in [1.54, 1.807) is 4.68 Å². The van der Waals surface area contributed by atoms with Gasteiger partial charge in [0.15, 0.2) is 5.13 Å². The molecule has 2 unspecified atom stereocenters. The first kappa shape index (κ1) is 31.7. The summed E-state index contributed by atoms with van der Waals surface area (Å²) in [4.78, 5) is 52.4. The zero-order valence-corrected chi connectivity index (χ0v) is 27.0. The number of β-lactam (4-membered cyclic amide) rings is 1. The number of piperidine rings is 1. The van der Waals surface area contributed by atoms with Gasteiger partial charge in [-0.1, -0.05) is 23.3 Å². The molecule has 4 N–H and O–H groups in total. The number of hydrogen-bond donors (Lipinski definition) is 3. The molecule has 6 rings (SSSR count). The Hall–Kier alpha value is -3.29. The second kappa shape index (κ2) is 14.4. The van der Waals surface area contributed by atoms with Crippen molar-refractivity contribution >= 4 is 63.7 Å². The van der Waals surface area contributed by atoms with Crippen LogP contribution in [0.1, 0.15) is 57.2 Å². The lowest BCUT2D eigenvalue weighted by molar-refractivity contribution is -0.150. The van der Waals surface area contributed by atoms with Crippen LogP contribution in [0.3, 0.4) is 0 Å². The van der Waals surface area contributed by atoms with Gasteiger partial charge in [0.05, 0.1) is 0 Å². The van der Waals surface area contributed by atoms with Gasteiger partial charge in [0, 0.05) is 29.6 Å². The number of oxime groups is 1. The fourth-order valence-electron chi connectivity index (χ4n) is 5.86. The Morgan fingerprint density at radius 3 is 2.69 bits per heavy atom. The number of hydrogen-bond acceptors (Lipinski definition) is 15. The van der Waals surface area contributed by atoms with Gasteiger partial charge in [-0.2, -0.15) is 9.36 Å². The summed E-state index contributed by atoms with van der Waals surface area (Å²) < 4.78 is 5.84. The van der Waals surface area contributed by atoms with Crippen LogP contribution in [0.25, 0.3) is 0 Å². The standard InChI is InChI=1S/C26H35N11O5S3/c27-25-29-20(32-45-25)17(31-42-16-7-2-3-8-16)21(38)28-18-22(39)37-19(24(40)41)15(13-43-23(18)37)14-44-26-30-33-34-36(26)12-6-11-35-9-4-1-5-10-35/h16,18,23H,1-14H2,(H,28,38)(H,40,41)(H2,27,29,32)/b31-17+. The smallest absolute Gasteiger partial charge is 0.352 e. The number of anilines is 1. The third-order valence-corrected chi connectivity index (χ3v) is 11.1. The number of carbonyl (C=O) groups excluding carboxylic acids is 2. The van der Waals surface area contributed by atoms with Gasteiger partial charge in [0.2, 0.25) is 16.7 Å². The van der Waals surface area contributed by atoms with Gasteiger partial charge in [-0.05, 0) is 80.6 Å². The Morgan fingerprint density at radius 2 is 1.96 bits per heavy atom. The quantitative estimate of drug-likeness (QED) is 0.118. The van der Waals surface area contributed by atoms with Crippen molar-refractivity contribution in [1.29, 1.82) is 0 Å². The largest absolute Gasteiger partial charge is 0.477 e. The normalized spacial score (nSPS) is 22.8. The van der Waals surface area contributed by atoms with Gasteiger partial charge in [-0.3, -0.25) is 14.5 Å². The molecule has 45 heavy (non-hydrogen) atoms. The fraction of sp³-hybridized carbons (Fsp3) is 0.654.